The molecule has 0 aromatic rings. The number of nitrogens with one attached hydrogen (secondary N) is 2. The van der Waals surface area contributed by atoms with Crippen LogP contribution in [0.4, 0.5) is 4.79 Å². The minimum atomic E-state index is -0.450. The van der Waals surface area contributed by atoms with E-state index in [1.807, 2.05) is 25.7 Å². The third-order valence-corrected chi connectivity index (χ3v) is 4.94. The highest BCUT2D eigenvalue weighted by atomic mass is 16.6. The highest BCUT2D eigenvalue weighted by Gasteiger charge is 2.27. The Balaban J connectivity index is 2.41. The summed E-state index contributed by atoms with van der Waals surface area (Å²) in [7, 11) is 1.80. The number of hydrogen-bond donors (Lipinski definition) is 2. The third-order valence-electron chi connectivity index (χ3n) is 4.94. The minimum absolute atomic E-state index is 0.206. The first-order chi connectivity index (χ1) is 13.0. The number of nitrogens with zero attached hydrogens (tertiary/aromatic N) is 3. The highest BCUT2D eigenvalue weighted by Crippen LogP contribution is 2.18. The predicted octanol–water partition coefficient (Wildman–Crippen LogP) is 2.92. The van der Waals surface area contributed by atoms with Crippen molar-refractivity contribution in [3.05, 3.63) is 0 Å². The summed E-state index contributed by atoms with van der Waals surface area (Å²) in [5.41, 5.74) is -0.450. The van der Waals surface area contributed by atoms with Crippen LogP contribution in [-0.4, -0.2) is 79.3 Å². The van der Waals surface area contributed by atoms with E-state index in [2.05, 4.69) is 48.2 Å². The van der Waals surface area contributed by atoms with Gasteiger partial charge in [0.1, 0.15) is 5.60 Å². The zero-order chi connectivity index (χ0) is 21.3. The summed E-state index contributed by atoms with van der Waals surface area (Å²) in [6.45, 7) is 18.8. The fourth-order valence-electron chi connectivity index (χ4n) is 3.60. The van der Waals surface area contributed by atoms with Crippen molar-refractivity contribution in [3.8, 4) is 0 Å². The molecule has 0 radical (unpaired) electrons. The van der Waals surface area contributed by atoms with Gasteiger partial charge in [0.25, 0.3) is 0 Å². The van der Waals surface area contributed by atoms with E-state index in [0.29, 0.717) is 18.0 Å². The van der Waals surface area contributed by atoms with Crippen LogP contribution in [-0.2, 0) is 4.74 Å². The van der Waals surface area contributed by atoms with Crippen LogP contribution in [0, 0.1) is 5.92 Å². The van der Waals surface area contributed by atoms with Crippen molar-refractivity contribution in [2.75, 3.05) is 39.8 Å². The number of rotatable bonds is 7. The van der Waals surface area contributed by atoms with E-state index in [-0.39, 0.29) is 6.09 Å². The number of carbonyl (C=O) groups excluding carboxylic acids is 1. The first kappa shape index (κ1) is 24.5. The van der Waals surface area contributed by atoms with Gasteiger partial charge in [-0.1, -0.05) is 0 Å². The van der Waals surface area contributed by atoms with E-state index >= 15 is 0 Å². The number of piperidine rings is 1. The van der Waals surface area contributed by atoms with Crippen LogP contribution in [0.3, 0.4) is 0 Å². The van der Waals surface area contributed by atoms with Crippen LogP contribution in [0.15, 0.2) is 4.99 Å². The van der Waals surface area contributed by atoms with Crippen LogP contribution < -0.4 is 10.6 Å². The topological polar surface area (TPSA) is 69.2 Å². The fraction of sp³-hybridized carbons (Fsp3) is 0.905. The summed E-state index contributed by atoms with van der Waals surface area (Å²) in [4.78, 5) is 20.9. The zero-order valence-electron chi connectivity index (χ0n) is 19.3. The molecule has 1 aliphatic heterocycles. The molecule has 0 aromatic heterocycles. The highest BCUT2D eigenvalue weighted by molar-refractivity contribution is 5.79. The average molecular weight is 398 g/mol. The van der Waals surface area contributed by atoms with Crippen LogP contribution in [0.2, 0.25) is 0 Å². The predicted molar refractivity (Wildman–Crippen MR) is 117 cm³/mol. The second-order valence-corrected chi connectivity index (χ2v) is 9.24. The van der Waals surface area contributed by atoms with Crippen LogP contribution in [0.25, 0.3) is 0 Å². The van der Waals surface area contributed by atoms with E-state index in [9.17, 15) is 4.79 Å². The number of guanidine groups is 1. The molecule has 0 aliphatic carbocycles. The van der Waals surface area contributed by atoms with Gasteiger partial charge < -0.3 is 20.3 Å². The summed E-state index contributed by atoms with van der Waals surface area (Å²) >= 11 is 0. The fourth-order valence-corrected chi connectivity index (χ4v) is 3.60. The maximum atomic E-state index is 12.3. The number of ether oxygens (including phenoxy) is 1. The maximum absolute atomic E-state index is 12.3. The van der Waals surface area contributed by atoms with Gasteiger partial charge in [-0.25, -0.2) is 4.79 Å². The van der Waals surface area contributed by atoms with Gasteiger partial charge in [-0.15, -0.1) is 0 Å². The number of likely N-dealkylation sites (tertiary alicyclic amines) is 1. The second-order valence-electron chi connectivity index (χ2n) is 9.24. The normalized spacial score (nSPS) is 18.8. The van der Waals surface area contributed by atoms with Crippen LogP contribution >= 0.6 is 0 Å². The zero-order valence-corrected chi connectivity index (χ0v) is 19.3. The van der Waals surface area contributed by atoms with E-state index < -0.39 is 5.60 Å². The molecule has 1 unspecified atom stereocenters. The van der Waals surface area contributed by atoms with E-state index in [1.54, 1.807) is 7.05 Å². The summed E-state index contributed by atoms with van der Waals surface area (Å²) in [5, 5.41) is 6.83. The van der Waals surface area contributed by atoms with E-state index in [4.69, 9.17) is 4.74 Å². The van der Waals surface area contributed by atoms with Crippen molar-refractivity contribution in [1.82, 2.24) is 20.4 Å². The Morgan fingerprint density at radius 3 is 2.39 bits per heavy atom. The lowest BCUT2D eigenvalue weighted by Gasteiger charge is -2.34. The monoisotopic (exact) mass is 397 g/mol. The quantitative estimate of drug-likeness (QED) is 0.511. The number of amides is 1. The minimum Gasteiger partial charge on any atom is -0.444 e. The largest absolute Gasteiger partial charge is 0.444 e. The standard InChI is InChI=1S/C21H43N5O2/c1-16(2)26(17(3)4)13-11-23-19(22-8)24-14-18-10-9-12-25(15-18)20(27)28-21(5,6)7/h16-18H,9-15H2,1-8H3,(H2,22,23,24). The van der Waals surface area contributed by atoms with Gasteiger partial charge >= 0.3 is 6.09 Å². The first-order valence-electron chi connectivity index (χ1n) is 10.7. The molecule has 0 aromatic carbocycles. The Labute approximate surface area is 172 Å². The molecule has 1 atom stereocenters. The molecule has 1 rings (SSSR count). The lowest BCUT2D eigenvalue weighted by atomic mass is 9.98. The Hall–Kier alpha value is -1.50. The Bertz CT molecular complexity index is 492. The van der Waals surface area contributed by atoms with Gasteiger partial charge in [0, 0.05) is 51.9 Å². The Morgan fingerprint density at radius 1 is 1.21 bits per heavy atom. The van der Waals surface area contributed by atoms with Crippen molar-refractivity contribution in [2.24, 2.45) is 10.9 Å². The van der Waals surface area contributed by atoms with Crippen molar-refractivity contribution in [1.29, 1.82) is 0 Å². The summed E-state index contributed by atoms with van der Waals surface area (Å²) in [6.07, 6.45) is 1.91. The molecule has 0 saturated carbocycles. The molecule has 1 amide bonds. The van der Waals surface area contributed by atoms with E-state index in [0.717, 1.165) is 51.5 Å². The lowest BCUT2D eigenvalue weighted by Crippen LogP contribution is -2.48. The summed E-state index contributed by atoms with van der Waals surface area (Å²) in [5.74, 6) is 1.23. The van der Waals surface area contributed by atoms with Crippen molar-refractivity contribution in [2.45, 2.75) is 79.0 Å². The number of aliphatic imine (C=N–C) groups is 1. The van der Waals surface area contributed by atoms with Gasteiger partial charge in [0.2, 0.25) is 0 Å². The molecule has 7 heteroatoms. The van der Waals surface area contributed by atoms with Gasteiger partial charge in [-0.05, 0) is 67.2 Å². The molecule has 164 valence electrons. The molecule has 1 heterocycles. The molecule has 28 heavy (non-hydrogen) atoms. The molecule has 0 spiro atoms. The van der Waals surface area contributed by atoms with Crippen molar-refractivity contribution >= 4 is 12.1 Å². The summed E-state index contributed by atoms with van der Waals surface area (Å²) in [6, 6.07) is 1.05. The molecule has 7 nitrogen and oxygen atoms in total. The summed E-state index contributed by atoms with van der Waals surface area (Å²) < 4.78 is 5.51. The molecule has 2 N–H and O–H groups in total. The van der Waals surface area contributed by atoms with Gasteiger partial charge in [-0.2, -0.15) is 0 Å². The van der Waals surface area contributed by atoms with Crippen LogP contribution in [0.5, 0.6) is 0 Å². The number of hydrogen-bond acceptors (Lipinski definition) is 4. The smallest absolute Gasteiger partial charge is 0.410 e. The number of carbonyl (C=O) groups is 1. The molecule has 1 aliphatic rings. The molecule has 1 fully saturated rings. The molecular weight excluding hydrogens is 354 g/mol. The van der Waals surface area contributed by atoms with Gasteiger partial charge in [0.05, 0.1) is 0 Å². The van der Waals surface area contributed by atoms with Gasteiger partial charge in [0.15, 0.2) is 5.96 Å². The Morgan fingerprint density at radius 2 is 1.86 bits per heavy atom. The second kappa shape index (κ2) is 11.5. The molecule has 0 bridgehead atoms. The van der Waals surface area contributed by atoms with Gasteiger partial charge in [-0.3, -0.25) is 9.89 Å². The third kappa shape index (κ3) is 9.13. The average Bonchev–Trinajstić information content (AvgIpc) is 2.59. The van der Waals surface area contributed by atoms with E-state index in [1.165, 1.54) is 0 Å². The molecular formula is C21H43N5O2. The van der Waals surface area contributed by atoms with Crippen molar-refractivity contribution < 1.29 is 9.53 Å². The lowest BCUT2D eigenvalue weighted by molar-refractivity contribution is 0.0168. The SMILES string of the molecule is CN=C(NCCN(C(C)C)C(C)C)NCC1CCCN(C(=O)OC(C)(C)C)C1. The Kier molecular flexibility index (Phi) is 10.1. The maximum Gasteiger partial charge on any atom is 0.410 e. The van der Waals surface area contributed by atoms with Crippen molar-refractivity contribution in [3.63, 3.8) is 0 Å². The van der Waals surface area contributed by atoms with Crippen LogP contribution in [0.1, 0.15) is 61.3 Å². The first-order valence-corrected chi connectivity index (χ1v) is 10.7. The molecule has 1 saturated heterocycles.